The molecule has 82 valence electrons. The first-order valence-corrected chi connectivity index (χ1v) is 5.65. The van der Waals surface area contributed by atoms with Crippen LogP contribution in [0, 0.1) is 6.92 Å². The van der Waals surface area contributed by atoms with Gasteiger partial charge in [-0.05, 0) is 44.4 Å². The van der Waals surface area contributed by atoms with Crippen LogP contribution in [0.5, 0.6) is 0 Å². The Labute approximate surface area is 97.1 Å². The van der Waals surface area contributed by atoms with Crippen LogP contribution in [0.15, 0.2) is 30.9 Å². The van der Waals surface area contributed by atoms with E-state index in [1.807, 2.05) is 25.1 Å². The summed E-state index contributed by atoms with van der Waals surface area (Å²) in [6.07, 6.45) is 4.07. The Bertz CT molecular complexity index is 333. The highest BCUT2D eigenvalue weighted by atomic mass is 35.5. The molecule has 1 rings (SSSR count). The first kappa shape index (κ1) is 12.1. The van der Waals surface area contributed by atoms with Gasteiger partial charge in [-0.15, -0.1) is 6.58 Å². The van der Waals surface area contributed by atoms with E-state index in [1.165, 1.54) is 0 Å². The van der Waals surface area contributed by atoms with Crippen LogP contribution in [0.25, 0.3) is 0 Å². The molecule has 0 saturated carbocycles. The van der Waals surface area contributed by atoms with Gasteiger partial charge in [-0.1, -0.05) is 23.7 Å². The normalized spacial score (nSPS) is 12.2. The first-order chi connectivity index (χ1) is 7.13. The fraction of sp³-hybridized carbons (Fsp3) is 0.385. The Morgan fingerprint density at radius 1 is 1.53 bits per heavy atom. The SMILES string of the molecule is C=CCCC(C)Nc1ccc(C)c(Cl)c1. The number of hydrogen-bond donors (Lipinski definition) is 1. The molecule has 0 amide bonds. The Balaban J connectivity index is 2.56. The molecule has 0 aliphatic heterocycles. The van der Waals surface area contributed by atoms with Crippen LogP contribution in [0.4, 0.5) is 5.69 Å². The van der Waals surface area contributed by atoms with E-state index in [1.54, 1.807) is 0 Å². The lowest BCUT2D eigenvalue weighted by Crippen LogP contribution is -2.14. The predicted molar refractivity (Wildman–Crippen MR) is 68.7 cm³/mol. The maximum Gasteiger partial charge on any atom is 0.0455 e. The van der Waals surface area contributed by atoms with E-state index in [4.69, 9.17) is 11.6 Å². The minimum absolute atomic E-state index is 0.446. The molecular formula is C13H18ClN. The number of rotatable bonds is 5. The maximum absolute atomic E-state index is 6.05. The van der Waals surface area contributed by atoms with E-state index in [9.17, 15) is 0 Å². The van der Waals surface area contributed by atoms with Crippen molar-refractivity contribution in [2.24, 2.45) is 0 Å². The summed E-state index contributed by atoms with van der Waals surface area (Å²) in [5, 5.41) is 4.23. The van der Waals surface area contributed by atoms with Gasteiger partial charge < -0.3 is 5.32 Å². The minimum Gasteiger partial charge on any atom is -0.383 e. The summed E-state index contributed by atoms with van der Waals surface area (Å²) in [5.74, 6) is 0. The van der Waals surface area contributed by atoms with Crippen molar-refractivity contribution < 1.29 is 0 Å². The van der Waals surface area contributed by atoms with Gasteiger partial charge in [-0.25, -0.2) is 0 Å². The Morgan fingerprint density at radius 3 is 2.87 bits per heavy atom. The molecule has 1 atom stereocenters. The highest BCUT2D eigenvalue weighted by Gasteiger charge is 2.02. The summed E-state index contributed by atoms with van der Waals surface area (Å²) in [7, 11) is 0. The highest BCUT2D eigenvalue weighted by Crippen LogP contribution is 2.20. The minimum atomic E-state index is 0.446. The summed E-state index contributed by atoms with van der Waals surface area (Å²) < 4.78 is 0. The largest absolute Gasteiger partial charge is 0.383 e. The van der Waals surface area contributed by atoms with Crippen molar-refractivity contribution in [1.29, 1.82) is 0 Å². The van der Waals surface area contributed by atoms with Gasteiger partial charge in [0, 0.05) is 16.8 Å². The fourth-order valence-electron chi connectivity index (χ4n) is 1.41. The highest BCUT2D eigenvalue weighted by molar-refractivity contribution is 6.31. The zero-order chi connectivity index (χ0) is 11.3. The first-order valence-electron chi connectivity index (χ1n) is 5.27. The Morgan fingerprint density at radius 2 is 2.27 bits per heavy atom. The number of anilines is 1. The van der Waals surface area contributed by atoms with Gasteiger partial charge >= 0.3 is 0 Å². The monoisotopic (exact) mass is 223 g/mol. The van der Waals surface area contributed by atoms with Crippen LogP contribution in [0.1, 0.15) is 25.3 Å². The molecule has 1 N–H and O–H groups in total. The van der Waals surface area contributed by atoms with Crippen molar-refractivity contribution in [3.63, 3.8) is 0 Å². The fourth-order valence-corrected chi connectivity index (χ4v) is 1.59. The average Bonchev–Trinajstić information content (AvgIpc) is 2.20. The molecule has 1 nitrogen and oxygen atoms in total. The van der Waals surface area contributed by atoms with Crippen LogP contribution < -0.4 is 5.32 Å². The Kier molecular flexibility index (Phi) is 4.70. The third kappa shape index (κ3) is 3.96. The van der Waals surface area contributed by atoms with Gasteiger partial charge in [0.15, 0.2) is 0 Å². The molecule has 0 heterocycles. The molecule has 15 heavy (non-hydrogen) atoms. The number of aryl methyl sites for hydroxylation is 1. The second-order valence-electron chi connectivity index (χ2n) is 3.88. The van der Waals surface area contributed by atoms with Crippen molar-refractivity contribution >= 4 is 17.3 Å². The van der Waals surface area contributed by atoms with Gasteiger partial charge in [0.1, 0.15) is 0 Å². The van der Waals surface area contributed by atoms with Crippen LogP contribution in [0.2, 0.25) is 5.02 Å². The van der Waals surface area contributed by atoms with Crippen molar-refractivity contribution in [2.45, 2.75) is 32.7 Å². The number of halogens is 1. The molecule has 0 bridgehead atoms. The van der Waals surface area contributed by atoms with Crippen molar-refractivity contribution in [1.82, 2.24) is 0 Å². The van der Waals surface area contributed by atoms with Gasteiger partial charge in [-0.2, -0.15) is 0 Å². The molecule has 0 spiro atoms. The lowest BCUT2D eigenvalue weighted by molar-refractivity contribution is 0.719. The van der Waals surface area contributed by atoms with Gasteiger partial charge in [0.2, 0.25) is 0 Å². The number of nitrogens with one attached hydrogen (secondary N) is 1. The van der Waals surface area contributed by atoms with E-state index in [2.05, 4.69) is 24.9 Å². The molecule has 0 aliphatic carbocycles. The summed E-state index contributed by atoms with van der Waals surface area (Å²) in [4.78, 5) is 0. The van der Waals surface area contributed by atoms with E-state index in [0.717, 1.165) is 29.1 Å². The van der Waals surface area contributed by atoms with E-state index < -0.39 is 0 Å². The van der Waals surface area contributed by atoms with E-state index in [0.29, 0.717) is 6.04 Å². The second kappa shape index (κ2) is 5.82. The quantitative estimate of drug-likeness (QED) is 0.729. The molecule has 1 unspecified atom stereocenters. The smallest absolute Gasteiger partial charge is 0.0455 e. The number of allylic oxidation sites excluding steroid dienone is 1. The standard InChI is InChI=1S/C13H18ClN/c1-4-5-6-11(3)15-12-8-7-10(2)13(14)9-12/h4,7-9,11,15H,1,5-6H2,2-3H3. The van der Waals surface area contributed by atoms with Crippen molar-refractivity contribution in [3.8, 4) is 0 Å². The lowest BCUT2D eigenvalue weighted by atomic mass is 10.1. The van der Waals surface area contributed by atoms with Crippen LogP contribution >= 0.6 is 11.6 Å². The molecule has 1 aromatic rings. The summed E-state index contributed by atoms with van der Waals surface area (Å²) in [6.45, 7) is 7.89. The molecule has 0 aromatic heterocycles. The van der Waals surface area contributed by atoms with Crippen molar-refractivity contribution in [2.75, 3.05) is 5.32 Å². The van der Waals surface area contributed by atoms with Crippen LogP contribution in [-0.4, -0.2) is 6.04 Å². The maximum atomic E-state index is 6.05. The van der Waals surface area contributed by atoms with Gasteiger partial charge in [0.25, 0.3) is 0 Å². The molecular weight excluding hydrogens is 206 g/mol. The average molecular weight is 224 g/mol. The van der Waals surface area contributed by atoms with E-state index >= 15 is 0 Å². The van der Waals surface area contributed by atoms with E-state index in [-0.39, 0.29) is 0 Å². The van der Waals surface area contributed by atoms with Crippen LogP contribution in [0.3, 0.4) is 0 Å². The molecule has 0 saturated heterocycles. The molecule has 0 radical (unpaired) electrons. The van der Waals surface area contributed by atoms with Crippen molar-refractivity contribution in [3.05, 3.63) is 41.4 Å². The summed E-state index contributed by atoms with van der Waals surface area (Å²) >= 11 is 6.05. The zero-order valence-corrected chi connectivity index (χ0v) is 10.1. The third-order valence-corrected chi connectivity index (χ3v) is 2.80. The predicted octanol–water partition coefficient (Wildman–Crippen LogP) is 4.42. The van der Waals surface area contributed by atoms with Gasteiger partial charge in [-0.3, -0.25) is 0 Å². The lowest BCUT2D eigenvalue weighted by Gasteiger charge is -2.14. The number of benzene rings is 1. The topological polar surface area (TPSA) is 12.0 Å². The number of hydrogen-bond acceptors (Lipinski definition) is 1. The third-order valence-electron chi connectivity index (χ3n) is 2.39. The summed E-state index contributed by atoms with van der Waals surface area (Å²) in [6, 6.07) is 6.51. The molecule has 2 heteroatoms. The Hall–Kier alpha value is -0.950. The molecule has 0 fully saturated rings. The molecule has 1 aromatic carbocycles. The van der Waals surface area contributed by atoms with Gasteiger partial charge in [0.05, 0.1) is 0 Å². The van der Waals surface area contributed by atoms with Crippen LogP contribution in [-0.2, 0) is 0 Å². The molecule has 0 aliphatic rings. The summed E-state index contributed by atoms with van der Waals surface area (Å²) in [5.41, 5.74) is 2.20. The zero-order valence-electron chi connectivity index (χ0n) is 9.39. The second-order valence-corrected chi connectivity index (χ2v) is 4.28.